The summed E-state index contributed by atoms with van der Waals surface area (Å²) in [6.07, 6.45) is -10.4. The van der Waals surface area contributed by atoms with Crippen LogP contribution in [0.15, 0.2) is 41.4 Å². The minimum absolute atomic E-state index is 0.0278. The number of aliphatic hydroxyl groups is 5. The smallest absolute Gasteiger partial charge is 0.344 e. The maximum Gasteiger partial charge on any atom is 0.344 e. The number of hydrogen-bond acceptors (Lipinski definition) is 17. The number of fused-ring (bicyclic) bond motifs is 1. The lowest BCUT2D eigenvalue weighted by atomic mass is 9.80. The summed E-state index contributed by atoms with van der Waals surface area (Å²) in [7, 11) is 2.60. The summed E-state index contributed by atoms with van der Waals surface area (Å²) in [6.45, 7) is 2.78. The van der Waals surface area contributed by atoms with Crippen molar-refractivity contribution in [2.45, 2.75) is 82.1 Å². The predicted molar refractivity (Wildman–Crippen MR) is 207 cm³/mol. The first-order valence-corrected chi connectivity index (χ1v) is 18.6. The Balaban J connectivity index is 1.49. The van der Waals surface area contributed by atoms with Crippen molar-refractivity contribution in [3.63, 3.8) is 0 Å². The second-order valence-electron chi connectivity index (χ2n) is 13.9. The van der Waals surface area contributed by atoms with E-state index in [0.717, 1.165) is 29.7 Å². The number of carboxylic acids is 1. The predicted octanol–water partition coefficient (Wildman–Crippen LogP) is 0.330. The zero-order valence-electron chi connectivity index (χ0n) is 32.7. The number of phenolic OH excluding ortho intramolecular Hbond substituents is 2. The number of esters is 1. The molecule has 2 aliphatic heterocycles. The number of carboxylic acid groups (broad SMARTS) is 1. The Kier molecular flexibility index (Phi) is 14.2. The number of carbonyl (C=O) groups excluding carboxylic acids is 1. The molecule has 7 atom stereocenters. The first-order valence-electron chi connectivity index (χ1n) is 18.6. The van der Waals surface area contributed by atoms with E-state index in [0.29, 0.717) is 6.42 Å². The van der Waals surface area contributed by atoms with E-state index in [1.165, 1.54) is 14.2 Å². The van der Waals surface area contributed by atoms with E-state index in [1.807, 2.05) is 31.2 Å². The lowest BCUT2D eigenvalue weighted by Crippen LogP contribution is -2.70. The molecule has 2 heterocycles. The maximum absolute atomic E-state index is 13.8. The number of cyclic esters (lactones) is 1. The highest BCUT2D eigenvalue weighted by Gasteiger charge is 2.60. The van der Waals surface area contributed by atoms with Gasteiger partial charge in [-0.05, 0) is 37.3 Å². The molecule has 3 aromatic rings. The third-order valence-corrected chi connectivity index (χ3v) is 10.0. The second kappa shape index (κ2) is 18.9. The van der Waals surface area contributed by atoms with Crippen LogP contribution in [0, 0.1) is 0 Å². The summed E-state index contributed by atoms with van der Waals surface area (Å²) in [5.74, 6) is -5.59. The van der Waals surface area contributed by atoms with E-state index in [1.54, 1.807) is 6.92 Å². The van der Waals surface area contributed by atoms with Crippen molar-refractivity contribution in [3.8, 4) is 34.5 Å². The largest absolute Gasteiger partial charge is 0.504 e. The molecule has 0 saturated carbocycles. The van der Waals surface area contributed by atoms with Crippen molar-refractivity contribution >= 4 is 23.6 Å². The molecule has 5 rings (SSSR count). The molecule has 12 N–H and O–H groups in total. The zero-order valence-corrected chi connectivity index (χ0v) is 32.7. The SMILES string of the molecule is CCc1cccc(CCOc2c(O)c(OC)c3c(c2O)C(=O)O[C@@H](O)[C@@]2(CC3)O[C@@H](Oc3cc(N[C@H](C)CO)c(C(=O)O)cc3OCNC(N)=NC)[C@H](O)[C@@H](O)[C@@H]2O)c1. The van der Waals surface area contributed by atoms with Crippen LogP contribution in [-0.4, -0.2) is 135 Å². The molecular weight excluding hydrogens is 780 g/mol. The highest BCUT2D eigenvalue weighted by atomic mass is 16.7. The lowest BCUT2D eigenvalue weighted by molar-refractivity contribution is -0.357. The molecule has 0 unspecified atom stereocenters. The average Bonchev–Trinajstić information content (AvgIpc) is 3.21. The number of aromatic hydroxyl groups is 2. The Bertz CT molecular complexity index is 2030. The molecule has 1 spiro atoms. The van der Waals surface area contributed by atoms with Gasteiger partial charge in [0.2, 0.25) is 24.1 Å². The molecule has 2 aliphatic rings. The molecule has 3 aromatic carbocycles. The van der Waals surface area contributed by atoms with Gasteiger partial charge in [0.25, 0.3) is 0 Å². The molecule has 0 radical (unpaired) electrons. The Hall–Kier alpha value is -5.77. The van der Waals surface area contributed by atoms with E-state index in [2.05, 4.69) is 15.6 Å². The summed E-state index contributed by atoms with van der Waals surface area (Å²) < 4.78 is 34.3. The number of nitrogens with one attached hydrogen (secondary N) is 2. The number of aromatic carboxylic acids is 1. The Morgan fingerprint density at radius 2 is 1.78 bits per heavy atom. The van der Waals surface area contributed by atoms with Crippen molar-refractivity contribution < 1.29 is 78.9 Å². The summed E-state index contributed by atoms with van der Waals surface area (Å²) in [6, 6.07) is 9.31. The quantitative estimate of drug-likeness (QED) is 0.0425. The summed E-state index contributed by atoms with van der Waals surface area (Å²) >= 11 is 0. The number of benzene rings is 3. The highest BCUT2D eigenvalue weighted by molar-refractivity contribution is 5.97. The first kappa shape index (κ1) is 44.3. The molecule has 0 aliphatic carbocycles. The number of aliphatic imine (C=N–C) groups is 1. The lowest BCUT2D eigenvalue weighted by Gasteiger charge is -2.50. The third kappa shape index (κ3) is 9.27. The van der Waals surface area contributed by atoms with Gasteiger partial charge in [-0.15, -0.1) is 0 Å². The first-order chi connectivity index (χ1) is 28.1. The molecule has 20 nitrogen and oxygen atoms in total. The van der Waals surface area contributed by atoms with Crippen molar-refractivity contribution in [1.29, 1.82) is 0 Å². The number of rotatable bonds is 15. The standard InChI is InChI=1S/C39H50N4O16/c1-5-19-7-6-8-20(13-19)10-12-55-32-27(45)26-21(31(54-4)30(32)48)9-11-39(37(53)58-35(26)52)33(49)28(46)29(47)36(59-39)57-25-15-23(43-18(2)16-44)22(34(50)51)14-24(25)56-17-42-38(40)41-3/h6-8,13-15,18,28-29,33,36-37,43-49,53H,5,9-12,16-17H2,1-4H3,(H,50,51)(H3,40,41,42)/t18-,28-,29-,33+,36-,37-,39+/m1/s1. The van der Waals surface area contributed by atoms with Gasteiger partial charge in [0.15, 0.2) is 41.3 Å². The number of nitrogens with two attached hydrogens (primary N) is 1. The van der Waals surface area contributed by atoms with Gasteiger partial charge >= 0.3 is 11.9 Å². The van der Waals surface area contributed by atoms with Gasteiger partial charge in [0, 0.05) is 37.2 Å². The van der Waals surface area contributed by atoms with Gasteiger partial charge in [-0.25, -0.2) is 9.59 Å². The molecule has 322 valence electrons. The van der Waals surface area contributed by atoms with Crippen molar-refractivity contribution in [1.82, 2.24) is 5.32 Å². The van der Waals surface area contributed by atoms with Crippen molar-refractivity contribution in [2.24, 2.45) is 10.7 Å². The molecule has 0 bridgehead atoms. The van der Waals surface area contributed by atoms with E-state index >= 15 is 0 Å². The van der Waals surface area contributed by atoms with Crippen LogP contribution in [-0.2, 0) is 28.7 Å². The van der Waals surface area contributed by atoms with Crippen LogP contribution >= 0.6 is 0 Å². The molecule has 1 saturated heterocycles. The average molecular weight is 831 g/mol. The Morgan fingerprint density at radius 3 is 2.44 bits per heavy atom. The maximum atomic E-state index is 13.8. The van der Waals surface area contributed by atoms with Crippen LogP contribution in [0.5, 0.6) is 34.5 Å². The Labute approximate surface area is 338 Å². The van der Waals surface area contributed by atoms with Gasteiger partial charge in [-0.1, -0.05) is 31.2 Å². The van der Waals surface area contributed by atoms with Crippen LogP contribution in [0.3, 0.4) is 0 Å². The van der Waals surface area contributed by atoms with Crippen LogP contribution in [0.25, 0.3) is 0 Å². The molecule has 0 amide bonds. The summed E-state index contributed by atoms with van der Waals surface area (Å²) in [5.41, 5.74) is 4.21. The van der Waals surface area contributed by atoms with Gasteiger partial charge in [-0.3, -0.25) is 4.99 Å². The van der Waals surface area contributed by atoms with Gasteiger partial charge in [0.05, 0.1) is 31.6 Å². The van der Waals surface area contributed by atoms with Crippen molar-refractivity contribution in [3.05, 3.63) is 64.2 Å². The number of ether oxygens (including phenoxy) is 6. The van der Waals surface area contributed by atoms with Gasteiger partial charge in [-0.2, -0.15) is 0 Å². The molecule has 0 aromatic heterocycles. The number of hydrogen-bond donors (Lipinski definition) is 11. The Morgan fingerprint density at radius 1 is 1.05 bits per heavy atom. The molecular formula is C39H50N4O16. The fourth-order valence-electron chi connectivity index (χ4n) is 6.78. The minimum atomic E-state index is -2.46. The number of anilines is 1. The van der Waals surface area contributed by atoms with Gasteiger partial charge in [0.1, 0.15) is 23.9 Å². The van der Waals surface area contributed by atoms with Crippen LogP contribution in [0.1, 0.15) is 57.7 Å². The topological polar surface area (TPSA) is 314 Å². The van der Waals surface area contributed by atoms with Crippen molar-refractivity contribution in [2.75, 3.05) is 39.4 Å². The number of aryl methyl sites for hydroxylation is 1. The molecule has 59 heavy (non-hydrogen) atoms. The fraction of sp³-hybridized carbons (Fsp3) is 0.462. The van der Waals surface area contributed by atoms with E-state index in [9.17, 15) is 50.4 Å². The highest BCUT2D eigenvalue weighted by Crippen LogP contribution is 2.51. The van der Waals surface area contributed by atoms with Crippen LogP contribution in [0.2, 0.25) is 0 Å². The number of carbonyl (C=O) groups is 2. The summed E-state index contributed by atoms with van der Waals surface area (Å²) in [5, 5.41) is 92.8. The molecule has 20 heteroatoms. The number of phenols is 2. The monoisotopic (exact) mass is 830 g/mol. The second-order valence-corrected chi connectivity index (χ2v) is 13.9. The van der Waals surface area contributed by atoms with Gasteiger partial charge < -0.3 is 85.6 Å². The summed E-state index contributed by atoms with van der Waals surface area (Å²) in [4.78, 5) is 29.8. The normalized spacial score (nSPS) is 23.6. The number of nitrogens with zero attached hydrogens (tertiary/aromatic N) is 1. The number of guanidine groups is 1. The molecule has 1 fully saturated rings. The van der Waals surface area contributed by atoms with Crippen LogP contribution < -0.4 is 35.3 Å². The van der Waals surface area contributed by atoms with Crippen LogP contribution in [0.4, 0.5) is 5.69 Å². The van der Waals surface area contributed by atoms with E-state index in [4.69, 9.17) is 34.2 Å². The third-order valence-electron chi connectivity index (χ3n) is 10.0. The minimum Gasteiger partial charge on any atom is -0.504 e. The van der Waals surface area contributed by atoms with E-state index in [-0.39, 0.29) is 59.8 Å². The number of aliphatic hydroxyl groups excluding tert-OH is 5. The number of methoxy groups -OCH3 is 1. The fourth-order valence-corrected chi connectivity index (χ4v) is 6.78. The zero-order chi connectivity index (χ0) is 43.2. The van der Waals surface area contributed by atoms with E-state index < -0.39 is 90.3 Å².